The Morgan fingerprint density at radius 1 is 0.593 bits per heavy atom. The summed E-state index contributed by atoms with van der Waals surface area (Å²) in [6, 6.07) is 0.649. The molecule has 6 atom stereocenters. The lowest BCUT2D eigenvalue weighted by Crippen LogP contribution is -2.40. The minimum Gasteiger partial charge on any atom is -0.356 e. The second-order valence-corrected chi connectivity index (χ2v) is 17.5. The number of amides is 7. The molecule has 6 unspecified atom stereocenters. The molecule has 54 heavy (non-hydrogen) atoms. The number of nitrogens with two attached hydrogens (primary N) is 1. The number of hydrogen-bond donors (Lipinski definition) is 7. The van der Waals surface area contributed by atoms with Crippen LogP contribution >= 0.6 is 23.5 Å². The van der Waals surface area contributed by atoms with Gasteiger partial charge in [0.2, 0.25) is 17.7 Å². The highest BCUT2D eigenvalue weighted by Gasteiger charge is 2.43. The molecule has 0 bridgehead atoms. The molecule has 0 saturated carbocycles. The van der Waals surface area contributed by atoms with Crippen LogP contribution in [0.15, 0.2) is 0 Å². The summed E-state index contributed by atoms with van der Waals surface area (Å²) in [5.74, 6) is 1.42. The zero-order valence-corrected chi connectivity index (χ0v) is 33.3. The second-order valence-electron chi connectivity index (χ2n) is 14.9. The number of nitrogens with one attached hydrogen (secondary N) is 6. The van der Waals surface area contributed by atoms with E-state index in [0.717, 1.165) is 75.7 Å². The normalized spacial score (nSPS) is 23.8. The molecule has 7 amide bonds. The summed E-state index contributed by atoms with van der Waals surface area (Å²) in [4.78, 5) is 86.9. The first kappa shape index (κ1) is 43.7. The van der Waals surface area contributed by atoms with Crippen LogP contribution in [-0.4, -0.2) is 125 Å². The van der Waals surface area contributed by atoms with Gasteiger partial charge in [-0.3, -0.25) is 24.0 Å². The van der Waals surface area contributed by atoms with Gasteiger partial charge in [0.15, 0.2) is 11.6 Å². The summed E-state index contributed by atoms with van der Waals surface area (Å²) < 4.78 is 0. The maximum atomic E-state index is 12.7. The lowest BCUT2D eigenvalue weighted by molar-refractivity contribution is -0.138. The van der Waals surface area contributed by atoms with E-state index in [0.29, 0.717) is 62.1 Å². The molecule has 4 aliphatic heterocycles. The van der Waals surface area contributed by atoms with Gasteiger partial charge in [-0.2, -0.15) is 23.5 Å². The number of unbranched alkanes of at least 4 members (excludes halogenated alkanes) is 6. The number of Topliss-reactive ketones (excluding diaryl/α,β-unsaturated/α-hetero) is 2. The van der Waals surface area contributed by atoms with Crippen LogP contribution in [-0.2, 0) is 24.0 Å². The number of nitrogens with zero attached hydrogens (tertiary/aromatic N) is 1. The number of fused-ring (bicyclic) bond motifs is 2. The van der Waals surface area contributed by atoms with Crippen molar-refractivity contribution in [1.29, 1.82) is 0 Å². The third-order valence-corrected chi connectivity index (χ3v) is 13.5. The van der Waals surface area contributed by atoms with Gasteiger partial charge in [0.1, 0.15) is 0 Å². The molecule has 17 heteroatoms. The molecule has 15 nitrogen and oxygen atoms in total. The van der Waals surface area contributed by atoms with Crippen molar-refractivity contribution in [3.8, 4) is 0 Å². The molecule has 4 aliphatic rings. The molecule has 0 radical (unpaired) electrons. The van der Waals surface area contributed by atoms with Crippen LogP contribution in [0.2, 0.25) is 0 Å². The van der Waals surface area contributed by atoms with Crippen molar-refractivity contribution in [3.63, 3.8) is 0 Å². The molecule has 4 heterocycles. The van der Waals surface area contributed by atoms with Crippen molar-refractivity contribution in [1.82, 2.24) is 36.8 Å². The molecule has 0 spiro atoms. The fourth-order valence-electron chi connectivity index (χ4n) is 7.53. The van der Waals surface area contributed by atoms with Gasteiger partial charge in [0.05, 0.1) is 37.3 Å². The molecular weight excluding hydrogens is 733 g/mol. The number of ketones is 2. The molecule has 8 N–H and O–H groups in total. The first-order chi connectivity index (χ1) is 26.1. The Morgan fingerprint density at radius 3 is 1.48 bits per heavy atom. The van der Waals surface area contributed by atoms with Crippen LogP contribution in [0.1, 0.15) is 109 Å². The monoisotopic (exact) mass is 794 g/mol. The molecule has 0 aromatic rings. The van der Waals surface area contributed by atoms with E-state index in [9.17, 15) is 33.6 Å². The SMILES string of the molecule is NCCC(=O)N(CC(=O)CCCCCNC(=O)CCCCC1SCC2NC(=O)NC21)CC(=O)CCCCCNC(=O)CCCCC1SCC2NC(=O)NC21. The minimum atomic E-state index is -0.299. The topological polar surface area (TPSA) is 221 Å². The van der Waals surface area contributed by atoms with Crippen LogP contribution in [0.3, 0.4) is 0 Å². The van der Waals surface area contributed by atoms with E-state index in [1.165, 1.54) is 4.90 Å². The highest BCUT2D eigenvalue weighted by molar-refractivity contribution is 8.00. The largest absolute Gasteiger partial charge is 0.356 e. The van der Waals surface area contributed by atoms with Crippen LogP contribution in [0.25, 0.3) is 0 Å². The predicted molar refractivity (Wildman–Crippen MR) is 211 cm³/mol. The van der Waals surface area contributed by atoms with Gasteiger partial charge >= 0.3 is 12.1 Å². The summed E-state index contributed by atoms with van der Waals surface area (Å²) >= 11 is 3.76. The van der Waals surface area contributed by atoms with Crippen LogP contribution in [0.5, 0.6) is 0 Å². The Kier molecular flexibility index (Phi) is 19.2. The fourth-order valence-corrected chi connectivity index (χ4v) is 10.6. The van der Waals surface area contributed by atoms with E-state index < -0.39 is 0 Å². The summed E-state index contributed by atoms with van der Waals surface area (Å²) in [7, 11) is 0. The highest BCUT2D eigenvalue weighted by Crippen LogP contribution is 2.34. The van der Waals surface area contributed by atoms with Crippen molar-refractivity contribution < 1.29 is 33.6 Å². The molecule has 0 aromatic carbocycles. The van der Waals surface area contributed by atoms with Crippen molar-refractivity contribution >= 4 is 64.9 Å². The van der Waals surface area contributed by atoms with Gasteiger partial charge in [-0.25, -0.2) is 9.59 Å². The lowest BCUT2D eigenvalue weighted by atomic mass is 10.0. The van der Waals surface area contributed by atoms with E-state index >= 15 is 0 Å². The molecule has 4 fully saturated rings. The van der Waals surface area contributed by atoms with Crippen molar-refractivity contribution in [2.45, 2.75) is 144 Å². The summed E-state index contributed by atoms with van der Waals surface area (Å²) in [6.07, 6.45) is 11.4. The van der Waals surface area contributed by atoms with Crippen molar-refractivity contribution in [2.24, 2.45) is 5.73 Å². The van der Waals surface area contributed by atoms with E-state index in [1.54, 1.807) is 0 Å². The van der Waals surface area contributed by atoms with Gasteiger partial charge in [-0.1, -0.05) is 25.7 Å². The Labute approximate surface area is 328 Å². The number of urea groups is 2. The number of carbonyl (C=O) groups excluding carboxylic acids is 7. The quantitative estimate of drug-likeness (QED) is 0.0452. The smallest absolute Gasteiger partial charge is 0.315 e. The maximum Gasteiger partial charge on any atom is 0.315 e. The van der Waals surface area contributed by atoms with Gasteiger partial charge < -0.3 is 42.5 Å². The maximum absolute atomic E-state index is 12.7. The van der Waals surface area contributed by atoms with E-state index in [2.05, 4.69) is 31.9 Å². The Balaban J connectivity index is 0.960. The summed E-state index contributed by atoms with van der Waals surface area (Å²) in [6.45, 7) is 1.04. The first-order valence-corrected chi connectivity index (χ1v) is 22.1. The minimum absolute atomic E-state index is 0.0274. The summed E-state index contributed by atoms with van der Waals surface area (Å²) in [5.41, 5.74) is 5.58. The van der Waals surface area contributed by atoms with E-state index in [1.807, 2.05) is 23.5 Å². The predicted octanol–water partition coefficient (Wildman–Crippen LogP) is 2.11. The number of thioether (sulfide) groups is 2. The van der Waals surface area contributed by atoms with Crippen molar-refractivity contribution in [2.75, 3.05) is 44.2 Å². The van der Waals surface area contributed by atoms with E-state index in [4.69, 9.17) is 5.73 Å². The van der Waals surface area contributed by atoms with Gasteiger partial charge in [0, 0.05) is 73.7 Å². The molecule has 304 valence electrons. The zero-order valence-electron chi connectivity index (χ0n) is 31.6. The Hall–Kier alpha value is -3.05. The molecular formula is C37H62N8O7S2. The zero-order chi connectivity index (χ0) is 38.7. The number of rotatable bonds is 28. The highest BCUT2D eigenvalue weighted by atomic mass is 32.2. The third kappa shape index (κ3) is 15.2. The van der Waals surface area contributed by atoms with Crippen LogP contribution in [0.4, 0.5) is 9.59 Å². The average molecular weight is 795 g/mol. The number of carbonyl (C=O) groups is 7. The Morgan fingerprint density at radius 2 is 1.04 bits per heavy atom. The lowest BCUT2D eigenvalue weighted by Gasteiger charge is -2.21. The Bertz CT molecular complexity index is 1210. The van der Waals surface area contributed by atoms with Gasteiger partial charge in [-0.05, 0) is 51.4 Å². The van der Waals surface area contributed by atoms with Gasteiger partial charge in [0.25, 0.3) is 0 Å². The van der Waals surface area contributed by atoms with Gasteiger partial charge in [-0.15, -0.1) is 0 Å². The van der Waals surface area contributed by atoms with E-state index in [-0.39, 0.29) is 91.6 Å². The molecule has 4 saturated heterocycles. The molecule has 0 aromatic heterocycles. The second kappa shape index (κ2) is 23.8. The molecule has 0 aliphatic carbocycles. The standard InChI is InChI=1S/C37H62N8O7S2/c38-18-17-33(50)45(21-25(46)11-3-1-9-19-39-31(48)15-7-5-13-29-34-27(23-53-29)41-36(51)43-34)22-26(47)12-4-2-10-20-40-32(49)16-8-6-14-30-35-28(24-54-30)42-37(52)44-35/h27-30,34-35H,1-24,38H2,(H,39,48)(H,40,49)(H2,41,43,51)(H2,42,44,52). The number of hydrogen-bond acceptors (Lipinski definition) is 10. The molecule has 4 rings (SSSR count). The van der Waals surface area contributed by atoms with Crippen LogP contribution in [0, 0.1) is 0 Å². The third-order valence-electron chi connectivity index (χ3n) is 10.5. The van der Waals surface area contributed by atoms with Crippen LogP contribution < -0.4 is 37.6 Å². The van der Waals surface area contributed by atoms with Crippen molar-refractivity contribution in [3.05, 3.63) is 0 Å². The average Bonchev–Trinajstić information content (AvgIpc) is 3.90. The summed E-state index contributed by atoms with van der Waals surface area (Å²) in [5, 5.41) is 18.6. The first-order valence-electron chi connectivity index (χ1n) is 20.0. The fraction of sp³-hybridized carbons (Fsp3) is 0.811.